The number of nitrogens with zero attached hydrogens (tertiary/aromatic N) is 2. The molecule has 3 heteroatoms. The van der Waals surface area contributed by atoms with Gasteiger partial charge in [-0.1, -0.05) is 45.0 Å². The summed E-state index contributed by atoms with van der Waals surface area (Å²) >= 11 is 0. The summed E-state index contributed by atoms with van der Waals surface area (Å²) in [5, 5.41) is 3.05. The smallest absolute Gasteiger partial charge is 0.161 e. The van der Waals surface area contributed by atoms with Crippen molar-refractivity contribution >= 4 is 32.8 Å². The molecule has 0 spiro atoms. The molecule has 3 aromatic heterocycles. The number of rotatable bonds is 2. The average molecular weight is 368 g/mol. The number of hydrogen-bond donors (Lipinski definition) is 0. The third-order valence-electron chi connectivity index (χ3n) is 4.79. The van der Waals surface area contributed by atoms with E-state index in [1.165, 1.54) is 0 Å². The first kappa shape index (κ1) is 14.8. The topological polar surface area (TPSA) is 38.9 Å². The van der Waals surface area contributed by atoms with E-state index in [0.29, 0.717) is 11.3 Å². The van der Waals surface area contributed by atoms with E-state index < -0.39 is 11.8 Å². The number of para-hydroxylation sites is 1. The monoisotopic (exact) mass is 368 g/mol. The number of furan rings is 1. The van der Waals surface area contributed by atoms with Crippen LogP contribution >= 0.6 is 0 Å². The summed E-state index contributed by atoms with van der Waals surface area (Å²) in [7, 11) is 0. The number of fused-ring (bicyclic) bond motifs is 5. The van der Waals surface area contributed by atoms with Gasteiger partial charge in [-0.05, 0) is 47.7 Å². The van der Waals surface area contributed by atoms with Crippen molar-refractivity contribution in [3.63, 3.8) is 0 Å². The van der Waals surface area contributed by atoms with Gasteiger partial charge in [0, 0.05) is 36.9 Å². The molecule has 0 fully saturated rings. The Labute approximate surface area is 166 Å². The molecule has 0 aliphatic heterocycles. The van der Waals surface area contributed by atoms with Gasteiger partial charge in [-0.2, -0.15) is 0 Å². The minimum atomic E-state index is -1.49. The molecule has 0 aliphatic rings. The van der Waals surface area contributed by atoms with Crippen LogP contribution in [0.4, 0.5) is 0 Å². The molecule has 0 aliphatic carbocycles. The maximum Gasteiger partial charge on any atom is 0.161 e. The van der Waals surface area contributed by atoms with E-state index in [0.717, 1.165) is 38.4 Å². The Balaban J connectivity index is 1.76. The van der Waals surface area contributed by atoms with E-state index in [1.807, 2.05) is 57.2 Å². The van der Waals surface area contributed by atoms with Gasteiger partial charge in [0.25, 0.3) is 0 Å². The maximum absolute atomic E-state index is 8.63. The first-order valence-corrected chi connectivity index (χ1v) is 9.43. The molecular weight excluding hydrogens is 344 g/mol. The van der Waals surface area contributed by atoms with Crippen molar-refractivity contribution in [3.8, 4) is 11.3 Å². The number of hydrogen-bond acceptors (Lipinski definition) is 3. The number of benzene rings is 2. The van der Waals surface area contributed by atoms with Crippen molar-refractivity contribution in [2.75, 3.05) is 0 Å². The van der Waals surface area contributed by atoms with Crippen LogP contribution in [0.2, 0.25) is 0 Å². The molecule has 0 radical (unpaired) electrons. The third kappa shape index (κ3) is 2.84. The molecule has 5 rings (SSSR count). The Bertz CT molecular complexity index is 1410. The lowest BCUT2D eigenvalue weighted by molar-refractivity contribution is 0.411. The second-order valence-corrected chi connectivity index (χ2v) is 8.11. The summed E-state index contributed by atoms with van der Waals surface area (Å²) in [4.78, 5) is 9.07. The fraction of sp³-hybridized carbons (Fsp3) is 0.200. The Morgan fingerprint density at radius 3 is 2.61 bits per heavy atom. The standard InChI is InChI=1S/C25H22N2O/c1-25(2,3)15-16-11-13-26-21(14-16)20-8-4-7-18-19-10-9-17-6-5-12-27-22(17)24(19)28-23(18)20/h4-14H,15H2,1-3H3/i15D2. The van der Waals surface area contributed by atoms with Gasteiger partial charge < -0.3 is 4.42 Å². The van der Waals surface area contributed by atoms with Gasteiger partial charge >= 0.3 is 0 Å². The zero-order valence-corrected chi connectivity index (χ0v) is 16.2. The average Bonchev–Trinajstić information content (AvgIpc) is 3.12. The van der Waals surface area contributed by atoms with Crippen molar-refractivity contribution in [3.05, 3.63) is 72.6 Å². The van der Waals surface area contributed by atoms with Crippen molar-refractivity contribution in [2.45, 2.75) is 27.1 Å². The van der Waals surface area contributed by atoms with E-state index in [2.05, 4.69) is 22.1 Å². The van der Waals surface area contributed by atoms with Crippen molar-refractivity contribution in [1.29, 1.82) is 0 Å². The molecule has 0 saturated heterocycles. The molecule has 5 aromatic rings. The third-order valence-corrected chi connectivity index (χ3v) is 4.79. The van der Waals surface area contributed by atoms with Crippen LogP contribution in [0.5, 0.6) is 0 Å². The van der Waals surface area contributed by atoms with Crippen LogP contribution < -0.4 is 0 Å². The van der Waals surface area contributed by atoms with Crippen LogP contribution in [0, 0.1) is 5.41 Å². The zero-order chi connectivity index (χ0) is 21.1. The highest BCUT2D eigenvalue weighted by Crippen LogP contribution is 2.37. The maximum atomic E-state index is 8.63. The minimum Gasteiger partial charge on any atom is -0.453 e. The van der Waals surface area contributed by atoms with Gasteiger partial charge in [0.2, 0.25) is 0 Å². The Morgan fingerprint density at radius 2 is 1.75 bits per heavy atom. The molecule has 0 atom stereocenters. The molecule has 0 N–H and O–H groups in total. The van der Waals surface area contributed by atoms with Gasteiger partial charge in [0.15, 0.2) is 5.58 Å². The summed E-state index contributed by atoms with van der Waals surface area (Å²) in [5.41, 5.74) is 3.95. The normalized spacial score (nSPS) is 13.8. The molecule has 0 saturated carbocycles. The molecule has 0 bridgehead atoms. The van der Waals surface area contributed by atoms with Crippen LogP contribution in [0.15, 0.2) is 71.4 Å². The Morgan fingerprint density at radius 1 is 0.893 bits per heavy atom. The van der Waals surface area contributed by atoms with E-state index in [4.69, 9.17) is 7.16 Å². The van der Waals surface area contributed by atoms with Gasteiger partial charge in [-0.25, -0.2) is 0 Å². The summed E-state index contributed by atoms with van der Waals surface area (Å²) in [6.07, 6.45) is 1.95. The predicted octanol–water partition coefficient (Wildman–Crippen LogP) is 6.78. The lowest BCUT2D eigenvalue weighted by Gasteiger charge is -2.18. The zero-order valence-electron chi connectivity index (χ0n) is 18.2. The second kappa shape index (κ2) is 6.16. The van der Waals surface area contributed by atoms with E-state index in [1.54, 1.807) is 18.5 Å². The van der Waals surface area contributed by atoms with Crippen molar-refractivity contribution in [1.82, 2.24) is 9.97 Å². The number of pyridine rings is 2. The van der Waals surface area contributed by atoms with E-state index in [9.17, 15) is 0 Å². The first-order valence-electron chi connectivity index (χ1n) is 10.4. The summed E-state index contributed by atoms with van der Waals surface area (Å²) < 4.78 is 23.6. The Hall–Kier alpha value is -3.20. The number of aromatic nitrogens is 2. The SMILES string of the molecule is [2H]C([2H])(c1ccnc(-c2cccc3c2oc2c3ccc3cccnc32)c1)C(C)(C)C. The summed E-state index contributed by atoms with van der Waals surface area (Å²) in [6.45, 7) is 5.72. The quantitative estimate of drug-likeness (QED) is 0.344. The van der Waals surface area contributed by atoms with Gasteiger partial charge in [-0.3, -0.25) is 9.97 Å². The minimum absolute atomic E-state index is 0.540. The fourth-order valence-corrected chi connectivity index (χ4v) is 3.69. The van der Waals surface area contributed by atoms with Crippen molar-refractivity contribution < 1.29 is 7.16 Å². The van der Waals surface area contributed by atoms with Gasteiger partial charge in [0.1, 0.15) is 11.1 Å². The lowest BCUT2D eigenvalue weighted by Crippen LogP contribution is -2.09. The Kier molecular flexibility index (Phi) is 3.26. The lowest BCUT2D eigenvalue weighted by atomic mass is 9.88. The molecule has 3 nitrogen and oxygen atoms in total. The fourth-order valence-electron chi connectivity index (χ4n) is 3.69. The first-order chi connectivity index (χ1) is 14.3. The highest BCUT2D eigenvalue weighted by Gasteiger charge is 2.16. The molecule has 2 aromatic carbocycles. The predicted molar refractivity (Wildman–Crippen MR) is 115 cm³/mol. The molecule has 28 heavy (non-hydrogen) atoms. The van der Waals surface area contributed by atoms with Gasteiger partial charge in [-0.15, -0.1) is 0 Å². The largest absolute Gasteiger partial charge is 0.453 e. The van der Waals surface area contributed by atoms with Crippen LogP contribution in [0.3, 0.4) is 0 Å². The van der Waals surface area contributed by atoms with E-state index >= 15 is 0 Å². The summed E-state index contributed by atoms with van der Waals surface area (Å²) in [6, 6.07) is 17.7. The van der Waals surface area contributed by atoms with Crippen LogP contribution in [-0.2, 0) is 6.37 Å². The van der Waals surface area contributed by atoms with E-state index in [-0.39, 0.29) is 0 Å². The highest BCUT2D eigenvalue weighted by atomic mass is 16.3. The molecule has 138 valence electrons. The van der Waals surface area contributed by atoms with Crippen LogP contribution in [-0.4, -0.2) is 9.97 Å². The van der Waals surface area contributed by atoms with Crippen LogP contribution in [0.25, 0.3) is 44.1 Å². The van der Waals surface area contributed by atoms with Gasteiger partial charge in [0.05, 0.1) is 5.69 Å². The van der Waals surface area contributed by atoms with Crippen LogP contribution in [0.1, 0.15) is 29.1 Å². The molecular formula is C25H22N2O. The molecule has 0 unspecified atom stereocenters. The van der Waals surface area contributed by atoms with Crippen molar-refractivity contribution in [2.24, 2.45) is 5.41 Å². The molecule has 0 amide bonds. The summed E-state index contributed by atoms with van der Waals surface area (Å²) in [5.74, 6) is 0. The second-order valence-electron chi connectivity index (χ2n) is 8.11. The highest BCUT2D eigenvalue weighted by molar-refractivity contribution is 6.16. The molecule has 3 heterocycles.